The van der Waals surface area contributed by atoms with Crippen molar-refractivity contribution in [2.45, 2.75) is 18.9 Å². The molecule has 5 nitrogen and oxygen atoms in total. The maximum absolute atomic E-state index is 12.7. The number of benzene rings is 2. The molecule has 2 aliphatic rings. The van der Waals surface area contributed by atoms with Gasteiger partial charge in [-0.25, -0.2) is 0 Å². The summed E-state index contributed by atoms with van der Waals surface area (Å²) in [5, 5.41) is 29.6. The summed E-state index contributed by atoms with van der Waals surface area (Å²) < 4.78 is 0. The minimum atomic E-state index is -0.345. The van der Waals surface area contributed by atoms with Crippen LogP contribution in [0.25, 0.3) is 0 Å². The Morgan fingerprint density at radius 2 is 1.86 bits per heavy atom. The Morgan fingerprint density at radius 3 is 2.68 bits per heavy atom. The van der Waals surface area contributed by atoms with E-state index in [0.29, 0.717) is 19.4 Å². The molecule has 0 bridgehead atoms. The second kappa shape index (κ2) is 4.40. The molecule has 22 heavy (non-hydrogen) atoms. The SMILES string of the molecule is O=C1c2c(ccc(O)c2O)C[C@H]2c3cccc(O)c3CCN12. The predicted octanol–water partition coefficient (Wildman–Crippen LogP) is 2.10. The number of phenolic OH excluding ortho intramolecular Hbond substituents is 3. The number of phenols is 3. The van der Waals surface area contributed by atoms with E-state index in [2.05, 4.69) is 0 Å². The number of hydrogen-bond acceptors (Lipinski definition) is 4. The largest absolute Gasteiger partial charge is 0.508 e. The average molecular weight is 297 g/mol. The molecule has 0 unspecified atom stereocenters. The van der Waals surface area contributed by atoms with Gasteiger partial charge in [0.15, 0.2) is 11.5 Å². The molecule has 5 heteroatoms. The Morgan fingerprint density at radius 1 is 1.05 bits per heavy atom. The van der Waals surface area contributed by atoms with Crippen LogP contribution < -0.4 is 0 Å². The maximum atomic E-state index is 12.7. The molecule has 2 aromatic rings. The van der Waals surface area contributed by atoms with Gasteiger partial charge in [-0.2, -0.15) is 0 Å². The number of rotatable bonds is 0. The van der Waals surface area contributed by atoms with E-state index in [4.69, 9.17) is 0 Å². The van der Waals surface area contributed by atoms with E-state index in [1.165, 1.54) is 6.07 Å². The van der Waals surface area contributed by atoms with Gasteiger partial charge < -0.3 is 20.2 Å². The van der Waals surface area contributed by atoms with Crippen molar-refractivity contribution in [1.82, 2.24) is 4.90 Å². The van der Waals surface area contributed by atoms with Gasteiger partial charge in [-0.15, -0.1) is 0 Å². The molecule has 0 saturated carbocycles. The van der Waals surface area contributed by atoms with Crippen molar-refractivity contribution in [1.29, 1.82) is 0 Å². The Bertz CT molecular complexity index is 799. The summed E-state index contributed by atoms with van der Waals surface area (Å²) in [7, 11) is 0. The Hall–Kier alpha value is -2.69. The van der Waals surface area contributed by atoms with Crippen LogP contribution in [0.1, 0.15) is 33.1 Å². The van der Waals surface area contributed by atoms with E-state index < -0.39 is 0 Å². The van der Waals surface area contributed by atoms with Crippen molar-refractivity contribution < 1.29 is 20.1 Å². The number of amides is 1. The lowest BCUT2D eigenvalue weighted by Gasteiger charge is -2.41. The van der Waals surface area contributed by atoms with Crippen molar-refractivity contribution in [3.8, 4) is 17.2 Å². The lowest BCUT2D eigenvalue weighted by molar-refractivity contribution is 0.0625. The van der Waals surface area contributed by atoms with Crippen LogP contribution in [-0.2, 0) is 12.8 Å². The van der Waals surface area contributed by atoms with E-state index in [1.54, 1.807) is 23.1 Å². The third-order valence-electron chi connectivity index (χ3n) is 4.66. The summed E-state index contributed by atoms with van der Waals surface area (Å²) in [5.41, 5.74) is 2.76. The molecule has 0 spiro atoms. The number of hydrogen-bond donors (Lipinski definition) is 3. The second-order valence-corrected chi connectivity index (χ2v) is 5.78. The number of carbonyl (C=O) groups is 1. The quantitative estimate of drug-likeness (QED) is 0.650. The topological polar surface area (TPSA) is 81.0 Å². The van der Waals surface area contributed by atoms with Crippen LogP contribution in [-0.4, -0.2) is 32.7 Å². The number of nitrogens with zero attached hydrogens (tertiary/aromatic N) is 1. The van der Waals surface area contributed by atoms with Gasteiger partial charge in [0.1, 0.15) is 5.75 Å². The summed E-state index contributed by atoms with van der Waals surface area (Å²) in [4.78, 5) is 14.4. The van der Waals surface area contributed by atoms with Crippen LogP contribution in [0.2, 0.25) is 0 Å². The van der Waals surface area contributed by atoms with Gasteiger partial charge in [0.2, 0.25) is 0 Å². The molecule has 0 saturated heterocycles. The van der Waals surface area contributed by atoms with Gasteiger partial charge >= 0.3 is 0 Å². The van der Waals surface area contributed by atoms with Crippen LogP contribution in [0.15, 0.2) is 30.3 Å². The molecular formula is C17H15NO4. The summed E-state index contributed by atoms with van der Waals surface area (Å²) >= 11 is 0. The molecule has 112 valence electrons. The maximum Gasteiger partial charge on any atom is 0.258 e. The molecule has 4 rings (SSSR count). The molecule has 2 aliphatic heterocycles. The minimum absolute atomic E-state index is 0.139. The monoisotopic (exact) mass is 297 g/mol. The second-order valence-electron chi connectivity index (χ2n) is 5.78. The molecule has 2 aromatic carbocycles. The first kappa shape index (κ1) is 13.0. The number of carbonyl (C=O) groups excluding carboxylic acids is 1. The number of aromatic hydroxyl groups is 3. The molecule has 1 amide bonds. The standard InChI is InChI=1S/C17H15NO4/c19-13-3-1-2-10-11(13)6-7-18-12(10)8-9-4-5-14(20)16(21)15(9)17(18)22/h1-5,12,19-21H,6-8H2/t12-/m0/s1. The number of fused-ring (bicyclic) bond motifs is 4. The fraction of sp³-hybridized carbons (Fsp3) is 0.235. The molecule has 2 heterocycles. The van der Waals surface area contributed by atoms with E-state index in [1.807, 2.05) is 6.07 Å². The zero-order chi connectivity index (χ0) is 15.4. The zero-order valence-corrected chi connectivity index (χ0v) is 11.8. The van der Waals surface area contributed by atoms with Crippen molar-refractivity contribution in [3.05, 3.63) is 52.6 Å². The van der Waals surface area contributed by atoms with E-state index >= 15 is 0 Å². The van der Waals surface area contributed by atoms with Crippen molar-refractivity contribution in [2.24, 2.45) is 0 Å². The highest BCUT2D eigenvalue weighted by Gasteiger charge is 2.39. The van der Waals surface area contributed by atoms with Gasteiger partial charge in [-0.05, 0) is 36.1 Å². The van der Waals surface area contributed by atoms with Gasteiger partial charge in [-0.1, -0.05) is 18.2 Å². The Labute approximate surface area is 127 Å². The summed E-state index contributed by atoms with van der Waals surface area (Å²) in [6.07, 6.45) is 1.14. The first-order chi connectivity index (χ1) is 10.6. The van der Waals surface area contributed by atoms with Crippen molar-refractivity contribution in [2.75, 3.05) is 6.54 Å². The average Bonchev–Trinajstić information content (AvgIpc) is 2.51. The molecule has 0 aromatic heterocycles. The summed E-state index contributed by atoms with van der Waals surface area (Å²) in [6, 6.07) is 8.33. The van der Waals surface area contributed by atoms with E-state index in [9.17, 15) is 20.1 Å². The first-order valence-corrected chi connectivity index (χ1v) is 7.23. The zero-order valence-electron chi connectivity index (χ0n) is 11.8. The Balaban J connectivity index is 1.88. The molecular weight excluding hydrogens is 282 g/mol. The molecule has 1 atom stereocenters. The van der Waals surface area contributed by atoms with Gasteiger partial charge in [0, 0.05) is 12.1 Å². The van der Waals surface area contributed by atoms with Gasteiger partial charge in [-0.3, -0.25) is 4.79 Å². The van der Waals surface area contributed by atoms with E-state index in [-0.39, 0.29) is 34.8 Å². The third kappa shape index (κ3) is 1.62. The highest BCUT2D eigenvalue weighted by Crippen LogP contribution is 2.44. The smallest absolute Gasteiger partial charge is 0.258 e. The highest BCUT2D eigenvalue weighted by atomic mass is 16.3. The predicted molar refractivity (Wildman–Crippen MR) is 79.1 cm³/mol. The summed E-state index contributed by atoms with van der Waals surface area (Å²) in [5.74, 6) is -0.624. The highest BCUT2D eigenvalue weighted by molar-refractivity contribution is 6.00. The lowest BCUT2D eigenvalue weighted by atomic mass is 9.83. The van der Waals surface area contributed by atoms with Gasteiger partial charge in [0.05, 0.1) is 11.6 Å². The molecule has 0 radical (unpaired) electrons. The van der Waals surface area contributed by atoms with Crippen LogP contribution in [0.4, 0.5) is 0 Å². The van der Waals surface area contributed by atoms with E-state index in [0.717, 1.165) is 16.7 Å². The minimum Gasteiger partial charge on any atom is -0.508 e. The molecule has 0 fully saturated rings. The van der Waals surface area contributed by atoms with Crippen LogP contribution >= 0.6 is 0 Å². The van der Waals surface area contributed by atoms with Crippen LogP contribution in [0, 0.1) is 0 Å². The first-order valence-electron chi connectivity index (χ1n) is 7.23. The fourth-order valence-corrected chi connectivity index (χ4v) is 3.58. The molecule has 0 aliphatic carbocycles. The van der Waals surface area contributed by atoms with Gasteiger partial charge in [0.25, 0.3) is 5.91 Å². The van der Waals surface area contributed by atoms with Crippen molar-refractivity contribution in [3.63, 3.8) is 0 Å². The normalized spacial score (nSPS) is 19.4. The van der Waals surface area contributed by atoms with Crippen molar-refractivity contribution >= 4 is 5.91 Å². The Kier molecular flexibility index (Phi) is 2.60. The summed E-state index contributed by atoms with van der Waals surface area (Å²) in [6.45, 7) is 0.489. The van der Waals surface area contributed by atoms with Crippen LogP contribution in [0.3, 0.4) is 0 Å². The molecule has 3 N–H and O–H groups in total. The third-order valence-corrected chi connectivity index (χ3v) is 4.66. The van der Waals surface area contributed by atoms with Crippen LogP contribution in [0.5, 0.6) is 17.2 Å². The lowest BCUT2D eigenvalue weighted by Crippen LogP contribution is -2.44. The fourth-order valence-electron chi connectivity index (χ4n) is 3.58.